The Hall–Kier alpha value is -2.44. The van der Waals surface area contributed by atoms with Crippen LogP contribution in [0, 0.1) is 0 Å². The van der Waals surface area contributed by atoms with Crippen molar-refractivity contribution in [2.75, 3.05) is 0 Å². The minimum Gasteiger partial charge on any atom is -0.294 e. The van der Waals surface area contributed by atoms with Gasteiger partial charge in [-0.05, 0) is 42.0 Å². The van der Waals surface area contributed by atoms with Gasteiger partial charge in [-0.2, -0.15) is 5.10 Å². The molecule has 7 heteroatoms. The Morgan fingerprint density at radius 2 is 1.92 bits per heavy atom. The second-order valence-electron chi connectivity index (χ2n) is 5.58. The van der Waals surface area contributed by atoms with E-state index in [-0.39, 0.29) is 5.56 Å². The highest BCUT2D eigenvalue weighted by Crippen LogP contribution is 2.17. The number of benzene rings is 2. The van der Waals surface area contributed by atoms with Gasteiger partial charge in [0.15, 0.2) is 5.65 Å². The zero-order chi connectivity index (χ0) is 17.4. The van der Waals surface area contributed by atoms with Crippen molar-refractivity contribution in [3.05, 3.63) is 86.5 Å². The number of hydrogen-bond donors (Lipinski definition) is 0. The van der Waals surface area contributed by atoms with Crippen molar-refractivity contribution in [2.45, 2.75) is 6.54 Å². The molecule has 0 spiro atoms. The van der Waals surface area contributed by atoms with Gasteiger partial charge < -0.3 is 0 Å². The Bertz CT molecular complexity index is 1120. The van der Waals surface area contributed by atoms with Gasteiger partial charge in [-0.1, -0.05) is 39.7 Å². The van der Waals surface area contributed by atoms with Crippen LogP contribution >= 0.6 is 27.5 Å². The second kappa shape index (κ2) is 6.46. The minimum absolute atomic E-state index is 0.131. The lowest BCUT2D eigenvalue weighted by molar-refractivity contribution is 0.745. The van der Waals surface area contributed by atoms with Crippen LogP contribution in [-0.4, -0.2) is 19.3 Å². The van der Waals surface area contributed by atoms with Crippen LogP contribution < -0.4 is 5.56 Å². The molecule has 0 N–H and O–H groups in total. The quantitative estimate of drug-likeness (QED) is 0.507. The van der Waals surface area contributed by atoms with E-state index in [4.69, 9.17) is 11.6 Å². The summed E-state index contributed by atoms with van der Waals surface area (Å²) in [7, 11) is 0. The largest absolute Gasteiger partial charge is 0.294 e. The number of hydrogen-bond acceptors (Lipinski definition) is 3. The van der Waals surface area contributed by atoms with Crippen molar-refractivity contribution < 1.29 is 0 Å². The van der Waals surface area contributed by atoms with Gasteiger partial charge in [0.1, 0.15) is 11.7 Å². The third-order valence-electron chi connectivity index (χ3n) is 3.87. The molecule has 0 bridgehead atoms. The monoisotopic (exact) mass is 414 g/mol. The van der Waals surface area contributed by atoms with Crippen LogP contribution in [0.5, 0.6) is 0 Å². The zero-order valence-electron chi connectivity index (χ0n) is 12.9. The summed E-state index contributed by atoms with van der Waals surface area (Å²) < 4.78 is 4.19. The lowest BCUT2D eigenvalue weighted by atomic mass is 10.2. The van der Waals surface area contributed by atoms with Gasteiger partial charge in [-0.25, -0.2) is 9.67 Å². The van der Waals surface area contributed by atoms with E-state index in [9.17, 15) is 4.79 Å². The summed E-state index contributed by atoms with van der Waals surface area (Å²) in [5.74, 6) is 0. The fraction of sp³-hybridized carbons (Fsp3) is 0.0556. The number of aromatic nitrogens is 4. The fourth-order valence-electron chi connectivity index (χ4n) is 2.66. The summed E-state index contributed by atoms with van der Waals surface area (Å²) in [5.41, 5.74) is 2.19. The summed E-state index contributed by atoms with van der Waals surface area (Å²) in [6.45, 7) is 0.409. The fourth-order valence-corrected chi connectivity index (χ4v) is 3.14. The minimum atomic E-state index is -0.131. The molecule has 0 fully saturated rings. The molecule has 0 aliphatic carbocycles. The summed E-state index contributed by atoms with van der Waals surface area (Å²) >= 11 is 9.42. The first kappa shape index (κ1) is 16.1. The topological polar surface area (TPSA) is 52.7 Å². The Morgan fingerprint density at radius 3 is 2.68 bits per heavy atom. The van der Waals surface area contributed by atoms with Crippen molar-refractivity contribution >= 4 is 38.6 Å². The number of fused-ring (bicyclic) bond motifs is 1. The molecule has 0 unspecified atom stereocenters. The Balaban J connectivity index is 1.77. The molecule has 0 radical (unpaired) electrons. The molecule has 5 nitrogen and oxygen atoms in total. The molecule has 4 rings (SSSR count). The van der Waals surface area contributed by atoms with Crippen molar-refractivity contribution in [3.8, 4) is 5.69 Å². The van der Waals surface area contributed by atoms with Gasteiger partial charge in [0.05, 0.1) is 18.4 Å². The van der Waals surface area contributed by atoms with E-state index in [0.717, 1.165) is 15.7 Å². The molecule has 0 aliphatic rings. The van der Waals surface area contributed by atoms with Crippen molar-refractivity contribution in [3.63, 3.8) is 0 Å². The maximum absolute atomic E-state index is 12.7. The van der Waals surface area contributed by atoms with E-state index in [1.165, 1.54) is 0 Å². The zero-order valence-corrected chi connectivity index (χ0v) is 15.3. The molecular formula is C18H12BrClN4O. The van der Waals surface area contributed by atoms with Gasteiger partial charge in [-0.15, -0.1) is 0 Å². The average molecular weight is 416 g/mol. The van der Waals surface area contributed by atoms with E-state index < -0.39 is 0 Å². The predicted octanol–water partition coefficient (Wildman–Crippen LogP) is 4.05. The molecule has 0 saturated heterocycles. The third-order valence-corrected chi connectivity index (χ3v) is 4.63. The molecule has 2 aromatic carbocycles. The molecule has 0 aliphatic heterocycles. The first-order valence-corrected chi connectivity index (χ1v) is 8.72. The van der Waals surface area contributed by atoms with Gasteiger partial charge in [0, 0.05) is 9.50 Å². The Labute approximate surface area is 156 Å². The molecule has 2 heterocycles. The summed E-state index contributed by atoms with van der Waals surface area (Å²) in [6, 6.07) is 15.1. The van der Waals surface area contributed by atoms with E-state index in [1.807, 2.05) is 42.5 Å². The average Bonchev–Trinajstić information content (AvgIpc) is 3.03. The summed E-state index contributed by atoms with van der Waals surface area (Å²) in [6.07, 6.45) is 3.10. The number of nitrogens with zero attached hydrogens (tertiary/aromatic N) is 4. The smallest absolute Gasteiger partial charge is 0.264 e. The van der Waals surface area contributed by atoms with Gasteiger partial charge in [0.2, 0.25) is 0 Å². The van der Waals surface area contributed by atoms with Crippen LogP contribution in [0.2, 0.25) is 5.02 Å². The highest BCUT2D eigenvalue weighted by atomic mass is 79.9. The molecule has 0 saturated carbocycles. The molecule has 2 aromatic heterocycles. The van der Waals surface area contributed by atoms with E-state index in [2.05, 4.69) is 26.0 Å². The lowest BCUT2D eigenvalue weighted by Gasteiger charge is -2.07. The maximum atomic E-state index is 12.7. The van der Waals surface area contributed by atoms with Crippen LogP contribution in [0.15, 0.2) is 70.3 Å². The first-order valence-electron chi connectivity index (χ1n) is 7.55. The van der Waals surface area contributed by atoms with E-state index in [0.29, 0.717) is 22.6 Å². The van der Waals surface area contributed by atoms with Crippen LogP contribution in [0.1, 0.15) is 5.56 Å². The van der Waals surface area contributed by atoms with E-state index in [1.54, 1.807) is 27.8 Å². The van der Waals surface area contributed by atoms with Crippen molar-refractivity contribution in [1.29, 1.82) is 0 Å². The molecule has 0 amide bonds. The predicted molar refractivity (Wildman–Crippen MR) is 101 cm³/mol. The summed E-state index contributed by atoms with van der Waals surface area (Å²) in [4.78, 5) is 17.2. The Morgan fingerprint density at radius 1 is 1.12 bits per heavy atom. The number of halogens is 2. The highest BCUT2D eigenvalue weighted by Gasteiger charge is 2.11. The van der Waals surface area contributed by atoms with Gasteiger partial charge in [0.25, 0.3) is 5.56 Å². The number of rotatable bonds is 3. The van der Waals surface area contributed by atoms with Crippen molar-refractivity contribution in [1.82, 2.24) is 19.3 Å². The van der Waals surface area contributed by atoms with E-state index >= 15 is 0 Å². The molecule has 25 heavy (non-hydrogen) atoms. The normalized spacial score (nSPS) is 11.1. The van der Waals surface area contributed by atoms with Gasteiger partial charge in [-0.3, -0.25) is 9.36 Å². The van der Waals surface area contributed by atoms with Crippen molar-refractivity contribution in [2.24, 2.45) is 0 Å². The van der Waals surface area contributed by atoms with Crippen LogP contribution in [-0.2, 0) is 6.54 Å². The van der Waals surface area contributed by atoms with Crippen LogP contribution in [0.25, 0.3) is 16.7 Å². The molecular weight excluding hydrogens is 404 g/mol. The third kappa shape index (κ3) is 3.10. The standard InChI is InChI=1S/C18H12BrClN4O/c19-13-4-6-15(7-5-13)24-17-16(9-22-24)18(25)23(11-21-17)10-12-2-1-3-14(20)8-12/h1-9,11H,10H2. The maximum Gasteiger partial charge on any atom is 0.264 e. The molecule has 0 atom stereocenters. The van der Waals surface area contributed by atoms with Gasteiger partial charge >= 0.3 is 0 Å². The van der Waals surface area contributed by atoms with Crippen LogP contribution in [0.3, 0.4) is 0 Å². The first-order chi connectivity index (χ1) is 12.1. The molecule has 124 valence electrons. The van der Waals surface area contributed by atoms with Crippen LogP contribution in [0.4, 0.5) is 0 Å². The second-order valence-corrected chi connectivity index (χ2v) is 6.93. The molecule has 4 aromatic rings. The Kier molecular flexibility index (Phi) is 4.15. The SMILES string of the molecule is O=c1c2cnn(-c3ccc(Br)cc3)c2ncn1Cc1cccc(Cl)c1. The summed E-state index contributed by atoms with van der Waals surface area (Å²) in [5, 5.41) is 5.44. The lowest BCUT2D eigenvalue weighted by Crippen LogP contribution is -2.21. The highest BCUT2D eigenvalue weighted by molar-refractivity contribution is 9.10.